The zero-order chi connectivity index (χ0) is 27.9. The van der Waals surface area contributed by atoms with Crippen LogP contribution in [0.4, 0.5) is 5.69 Å². The van der Waals surface area contributed by atoms with Gasteiger partial charge in [0.2, 0.25) is 5.91 Å². The molecule has 0 saturated heterocycles. The molecule has 0 bridgehead atoms. The van der Waals surface area contributed by atoms with E-state index in [2.05, 4.69) is 17.0 Å². The molecule has 3 aromatic carbocycles. The summed E-state index contributed by atoms with van der Waals surface area (Å²) in [7, 11) is 0. The summed E-state index contributed by atoms with van der Waals surface area (Å²) in [6, 6.07) is 21.1. The highest BCUT2D eigenvalue weighted by atomic mass is 35.5. The van der Waals surface area contributed by atoms with E-state index in [0.29, 0.717) is 61.7 Å². The first-order valence-electron chi connectivity index (χ1n) is 13.6. The van der Waals surface area contributed by atoms with Crippen molar-refractivity contribution in [2.75, 3.05) is 50.9 Å². The molecule has 0 aliphatic carbocycles. The number of carbonyl (C=O) groups is 2. The SMILES string of the molecule is CC(=O)N1CCCN(Cc2ccccc2)CCN(C(=O)COc2ccc3c(c2)OCCO3)Cc2ccc(Cl)cc21. The van der Waals surface area contributed by atoms with Crippen LogP contribution < -0.4 is 19.1 Å². The first-order valence-corrected chi connectivity index (χ1v) is 14.0. The summed E-state index contributed by atoms with van der Waals surface area (Å²) in [5, 5.41) is 0.547. The lowest BCUT2D eigenvalue weighted by atomic mass is 10.1. The van der Waals surface area contributed by atoms with Crippen LogP contribution >= 0.6 is 11.6 Å². The van der Waals surface area contributed by atoms with Crippen molar-refractivity contribution in [3.63, 3.8) is 0 Å². The minimum absolute atomic E-state index is 0.0582. The van der Waals surface area contributed by atoms with Gasteiger partial charge < -0.3 is 24.0 Å². The molecule has 0 radical (unpaired) electrons. The number of carbonyl (C=O) groups excluding carboxylic acids is 2. The minimum Gasteiger partial charge on any atom is -0.486 e. The van der Waals surface area contributed by atoms with Crippen molar-refractivity contribution < 1.29 is 23.8 Å². The van der Waals surface area contributed by atoms with E-state index in [1.807, 2.05) is 30.3 Å². The largest absolute Gasteiger partial charge is 0.486 e. The maximum absolute atomic E-state index is 13.6. The average Bonchev–Trinajstić information content (AvgIpc) is 2.99. The Kier molecular flexibility index (Phi) is 9.08. The van der Waals surface area contributed by atoms with Gasteiger partial charge in [-0.1, -0.05) is 48.0 Å². The Labute approximate surface area is 240 Å². The third kappa shape index (κ3) is 7.06. The third-order valence-corrected chi connectivity index (χ3v) is 7.33. The Morgan fingerprint density at radius 2 is 1.70 bits per heavy atom. The van der Waals surface area contributed by atoms with E-state index in [-0.39, 0.29) is 18.4 Å². The number of ether oxygens (including phenoxy) is 3. The predicted molar refractivity (Wildman–Crippen MR) is 154 cm³/mol. The average molecular weight is 564 g/mol. The number of amides is 2. The van der Waals surface area contributed by atoms with Gasteiger partial charge in [0.1, 0.15) is 19.0 Å². The summed E-state index contributed by atoms with van der Waals surface area (Å²) in [5.41, 5.74) is 2.81. The number of benzene rings is 3. The van der Waals surface area contributed by atoms with Crippen LogP contribution in [0.25, 0.3) is 0 Å². The zero-order valence-corrected chi connectivity index (χ0v) is 23.4. The minimum atomic E-state index is -0.149. The number of hydrogen-bond donors (Lipinski definition) is 0. The van der Waals surface area contributed by atoms with Crippen molar-refractivity contribution in [1.82, 2.24) is 9.80 Å². The first-order chi connectivity index (χ1) is 19.5. The fourth-order valence-electron chi connectivity index (χ4n) is 5.04. The van der Waals surface area contributed by atoms with Crippen molar-refractivity contribution in [3.05, 3.63) is 82.9 Å². The highest BCUT2D eigenvalue weighted by Gasteiger charge is 2.23. The second-order valence-electron chi connectivity index (χ2n) is 9.97. The van der Waals surface area contributed by atoms with Crippen molar-refractivity contribution in [2.24, 2.45) is 0 Å². The van der Waals surface area contributed by atoms with Gasteiger partial charge >= 0.3 is 0 Å². The second kappa shape index (κ2) is 13.1. The molecule has 0 unspecified atom stereocenters. The normalized spacial score (nSPS) is 16.1. The Morgan fingerprint density at radius 3 is 2.50 bits per heavy atom. The van der Waals surface area contributed by atoms with Gasteiger partial charge in [0.25, 0.3) is 5.91 Å². The van der Waals surface area contributed by atoms with Gasteiger partial charge in [0, 0.05) is 57.3 Å². The van der Waals surface area contributed by atoms with E-state index in [0.717, 1.165) is 30.8 Å². The summed E-state index contributed by atoms with van der Waals surface area (Å²) in [4.78, 5) is 32.2. The maximum atomic E-state index is 13.6. The van der Waals surface area contributed by atoms with Crippen molar-refractivity contribution in [2.45, 2.75) is 26.4 Å². The molecular formula is C31H34ClN3O5. The molecule has 5 rings (SSSR count). The van der Waals surface area contributed by atoms with Gasteiger partial charge in [0.05, 0.1) is 5.69 Å². The molecule has 9 heteroatoms. The molecule has 2 amide bonds. The molecule has 0 aromatic heterocycles. The van der Waals surface area contributed by atoms with Crippen LogP contribution in [0.2, 0.25) is 5.02 Å². The van der Waals surface area contributed by atoms with Gasteiger partial charge in [-0.05, 0) is 41.8 Å². The number of nitrogens with zero attached hydrogens (tertiary/aromatic N) is 3. The van der Waals surface area contributed by atoms with E-state index in [1.165, 1.54) is 5.56 Å². The Morgan fingerprint density at radius 1 is 0.900 bits per heavy atom. The topological polar surface area (TPSA) is 71.6 Å². The van der Waals surface area contributed by atoms with E-state index in [4.69, 9.17) is 25.8 Å². The summed E-state index contributed by atoms with van der Waals surface area (Å²) >= 11 is 6.36. The Balaban J connectivity index is 1.37. The fourth-order valence-corrected chi connectivity index (χ4v) is 5.21. The fraction of sp³-hybridized carbons (Fsp3) is 0.355. The van der Waals surface area contributed by atoms with Gasteiger partial charge in [-0.25, -0.2) is 0 Å². The summed E-state index contributed by atoms with van der Waals surface area (Å²) in [6.45, 7) is 6.06. The van der Waals surface area contributed by atoms with Crippen LogP contribution in [0.3, 0.4) is 0 Å². The van der Waals surface area contributed by atoms with E-state index >= 15 is 0 Å². The van der Waals surface area contributed by atoms with Crippen LogP contribution in [-0.2, 0) is 22.7 Å². The van der Waals surface area contributed by atoms with Gasteiger partial charge in [-0.15, -0.1) is 0 Å². The number of anilines is 1. The van der Waals surface area contributed by atoms with Crippen molar-refractivity contribution in [1.29, 1.82) is 0 Å². The molecule has 0 N–H and O–H groups in total. The van der Waals surface area contributed by atoms with Crippen molar-refractivity contribution >= 4 is 29.1 Å². The Hall–Kier alpha value is -3.75. The maximum Gasteiger partial charge on any atom is 0.260 e. The van der Waals surface area contributed by atoms with E-state index in [9.17, 15) is 9.59 Å². The van der Waals surface area contributed by atoms with Crippen LogP contribution in [0, 0.1) is 0 Å². The molecule has 40 heavy (non-hydrogen) atoms. The quantitative estimate of drug-likeness (QED) is 0.445. The summed E-state index contributed by atoms with van der Waals surface area (Å²) in [6.07, 6.45) is 0.791. The molecule has 0 saturated carbocycles. The highest BCUT2D eigenvalue weighted by Crippen LogP contribution is 2.33. The number of halogens is 1. The molecule has 2 heterocycles. The standard InChI is InChI=1S/C31H34ClN3O5/c1-23(36)35-13-5-12-33(20-24-6-3-2-4-7-24)14-15-34(21-25-8-9-26(32)18-28(25)35)31(37)22-40-27-10-11-29-30(19-27)39-17-16-38-29/h2-4,6-11,18-19H,5,12-17,20-22H2,1H3. The molecule has 0 fully saturated rings. The first kappa shape index (κ1) is 27.8. The van der Waals surface area contributed by atoms with Gasteiger partial charge in [-0.3, -0.25) is 14.5 Å². The van der Waals surface area contributed by atoms with E-state index in [1.54, 1.807) is 41.0 Å². The molecular weight excluding hydrogens is 530 g/mol. The third-order valence-electron chi connectivity index (χ3n) is 7.10. The summed E-state index contributed by atoms with van der Waals surface area (Å²) < 4.78 is 17.1. The molecule has 2 aliphatic rings. The summed E-state index contributed by atoms with van der Waals surface area (Å²) in [5.74, 6) is 1.61. The van der Waals surface area contributed by atoms with Gasteiger partial charge in [0.15, 0.2) is 18.1 Å². The van der Waals surface area contributed by atoms with Crippen LogP contribution in [0.15, 0.2) is 66.7 Å². The monoisotopic (exact) mass is 563 g/mol. The van der Waals surface area contributed by atoms with E-state index < -0.39 is 0 Å². The lowest BCUT2D eigenvalue weighted by Crippen LogP contribution is -2.40. The molecule has 8 nitrogen and oxygen atoms in total. The number of fused-ring (bicyclic) bond motifs is 2. The van der Waals surface area contributed by atoms with Gasteiger partial charge in [-0.2, -0.15) is 0 Å². The van der Waals surface area contributed by atoms with Crippen LogP contribution in [0.5, 0.6) is 17.2 Å². The van der Waals surface area contributed by atoms with Crippen molar-refractivity contribution in [3.8, 4) is 17.2 Å². The highest BCUT2D eigenvalue weighted by molar-refractivity contribution is 6.31. The molecule has 2 aliphatic heterocycles. The molecule has 3 aromatic rings. The lowest BCUT2D eigenvalue weighted by Gasteiger charge is -2.28. The van der Waals surface area contributed by atoms with Crippen LogP contribution in [-0.4, -0.2) is 67.6 Å². The smallest absolute Gasteiger partial charge is 0.260 e. The number of hydrogen-bond acceptors (Lipinski definition) is 6. The Bertz CT molecular complexity index is 1340. The molecule has 210 valence electrons. The molecule has 0 spiro atoms. The van der Waals surface area contributed by atoms with Crippen LogP contribution in [0.1, 0.15) is 24.5 Å². The molecule has 0 atom stereocenters. The predicted octanol–water partition coefficient (Wildman–Crippen LogP) is 4.78. The number of rotatable bonds is 5. The zero-order valence-electron chi connectivity index (χ0n) is 22.7. The lowest BCUT2D eigenvalue weighted by molar-refractivity contribution is -0.134. The second-order valence-corrected chi connectivity index (χ2v) is 10.4.